The van der Waals surface area contributed by atoms with Gasteiger partial charge < -0.3 is 11.1 Å². The minimum atomic E-state index is -4.46. The zero-order chi connectivity index (χ0) is 13.9. The van der Waals surface area contributed by atoms with Gasteiger partial charge in [-0.3, -0.25) is 4.79 Å². The molecule has 0 spiro atoms. The summed E-state index contributed by atoms with van der Waals surface area (Å²) in [5, 5.41) is 2.35. The molecule has 1 amide bonds. The molecule has 0 radical (unpaired) electrons. The van der Waals surface area contributed by atoms with Crippen molar-refractivity contribution < 1.29 is 18.0 Å². The third-order valence-electron chi connectivity index (χ3n) is 2.24. The van der Waals surface area contributed by atoms with Crippen LogP contribution in [0.4, 0.5) is 13.2 Å². The number of rotatable bonds is 3. The number of hydrogen-bond acceptors (Lipinski definition) is 2. The molecule has 1 aromatic carbocycles. The highest BCUT2D eigenvalue weighted by Crippen LogP contribution is 2.33. The predicted molar refractivity (Wildman–Crippen MR) is 64.6 cm³/mol. The summed E-state index contributed by atoms with van der Waals surface area (Å²) in [5.74, 6) is -0.494. The van der Waals surface area contributed by atoms with Crippen molar-refractivity contribution >= 4 is 21.8 Å². The van der Waals surface area contributed by atoms with E-state index in [1.54, 1.807) is 0 Å². The van der Waals surface area contributed by atoms with Gasteiger partial charge in [0.2, 0.25) is 5.91 Å². The molecule has 0 saturated heterocycles. The zero-order valence-corrected chi connectivity index (χ0v) is 11.1. The fraction of sp³-hybridized carbons (Fsp3) is 0.364. The van der Waals surface area contributed by atoms with Crippen LogP contribution in [0.5, 0.6) is 0 Å². The normalized spacial score (nSPS) is 13.2. The summed E-state index contributed by atoms with van der Waals surface area (Å²) in [5.41, 5.74) is 4.53. The molecule has 0 aliphatic carbocycles. The maximum absolute atomic E-state index is 12.8. The van der Waals surface area contributed by atoms with Gasteiger partial charge in [0.15, 0.2) is 0 Å². The SMILES string of the molecule is CC(N)C(=O)NCc1ccc(Br)cc1C(F)(F)F. The zero-order valence-electron chi connectivity index (χ0n) is 9.51. The van der Waals surface area contributed by atoms with E-state index in [1.807, 2.05) is 0 Å². The summed E-state index contributed by atoms with van der Waals surface area (Å²) in [6.07, 6.45) is -4.46. The number of carbonyl (C=O) groups is 1. The Labute approximate surface area is 111 Å². The minimum absolute atomic E-state index is 0.000278. The molecule has 0 aromatic heterocycles. The summed E-state index contributed by atoms with van der Waals surface area (Å²) in [6, 6.07) is 3.03. The molecule has 0 fully saturated rings. The van der Waals surface area contributed by atoms with Gasteiger partial charge in [0, 0.05) is 11.0 Å². The molecule has 3 nitrogen and oxygen atoms in total. The first-order valence-electron chi connectivity index (χ1n) is 5.10. The van der Waals surface area contributed by atoms with Crippen LogP contribution in [-0.2, 0) is 17.5 Å². The van der Waals surface area contributed by atoms with E-state index >= 15 is 0 Å². The lowest BCUT2D eigenvalue weighted by Crippen LogP contribution is -2.38. The van der Waals surface area contributed by atoms with Crippen LogP contribution in [0, 0.1) is 0 Å². The van der Waals surface area contributed by atoms with Crippen molar-refractivity contribution in [3.05, 3.63) is 33.8 Å². The Kier molecular flexibility index (Phi) is 4.75. The highest BCUT2D eigenvalue weighted by Gasteiger charge is 2.33. The number of amides is 1. The second-order valence-electron chi connectivity index (χ2n) is 3.81. The maximum Gasteiger partial charge on any atom is 0.416 e. The van der Waals surface area contributed by atoms with Crippen LogP contribution < -0.4 is 11.1 Å². The summed E-state index contributed by atoms with van der Waals surface area (Å²) < 4.78 is 38.6. The van der Waals surface area contributed by atoms with Gasteiger partial charge >= 0.3 is 6.18 Å². The number of hydrogen-bond donors (Lipinski definition) is 2. The van der Waals surface area contributed by atoms with Crippen molar-refractivity contribution in [2.45, 2.75) is 25.7 Å². The first-order chi connectivity index (χ1) is 8.21. The van der Waals surface area contributed by atoms with Crippen LogP contribution in [0.15, 0.2) is 22.7 Å². The van der Waals surface area contributed by atoms with Crippen LogP contribution in [0.3, 0.4) is 0 Å². The Morgan fingerprint density at radius 1 is 1.50 bits per heavy atom. The van der Waals surface area contributed by atoms with E-state index in [4.69, 9.17) is 5.73 Å². The molecule has 1 aromatic rings. The largest absolute Gasteiger partial charge is 0.416 e. The summed E-state index contributed by atoms with van der Waals surface area (Å²) >= 11 is 2.98. The highest BCUT2D eigenvalue weighted by molar-refractivity contribution is 9.10. The molecule has 0 heterocycles. The lowest BCUT2D eigenvalue weighted by atomic mass is 10.1. The Balaban J connectivity index is 2.92. The summed E-state index contributed by atoms with van der Waals surface area (Å²) in [4.78, 5) is 11.2. The van der Waals surface area contributed by atoms with Crippen molar-refractivity contribution in [3.63, 3.8) is 0 Å². The maximum atomic E-state index is 12.8. The molecule has 0 saturated carbocycles. The topological polar surface area (TPSA) is 55.1 Å². The van der Waals surface area contributed by atoms with Crippen LogP contribution >= 0.6 is 15.9 Å². The average Bonchev–Trinajstić information content (AvgIpc) is 2.25. The van der Waals surface area contributed by atoms with E-state index in [1.165, 1.54) is 19.1 Å². The third-order valence-corrected chi connectivity index (χ3v) is 2.74. The molecule has 0 aliphatic rings. The molecule has 7 heteroatoms. The van der Waals surface area contributed by atoms with Crippen molar-refractivity contribution in [3.8, 4) is 0 Å². The Morgan fingerprint density at radius 2 is 2.11 bits per heavy atom. The Bertz CT molecular complexity index is 446. The predicted octanol–water partition coefficient (Wildman–Crippen LogP) is 2.43. The first kappa shape index (κ1) is 15.0. The quantitative estimate of drug-likeness (QED) is 0.897. The van der Waals surface area contributed by atoms with Gasteiger partial charge in [-0.15, -0.1) is 0 Å². The molecule has 100 valence electrons. The number of alkyl halides is 3. The van der Waals surface area contributed by atoms with E-state index in [9.17, 15) is 18.0 Å². The minimum Gasteiger partial charge on any atom is -0.351 e. The van der Waals surface area contributed by atoms with Gasteiger partial charge in [-0.25, -0.2) is 0 Å². The molecule has 3 N–H and O–H groups in total. The van der Waals surface area contributed by atoms with Gasteiger partial charge in [-0.05, 0) is 24.6 Å². The lowest BCUT2D eigenvalue weighted by molar-refractivity contribution is -0.138. The monoisotopic (exact) mass is 324 g/mol. The van der Waals surface area contributed by atoms with E-state index in [0.717, 1.165) is 6.07 Å². The standard InChI is InChI=1S/C11H12BrF3N2O/c1-6(16)10(18)17-5-7-2-3-8(12)4-9(7)11(13,14)15/h2-4,6H,5,16H2,1H3,(H,17,18). The molecule has 1 rings (SSSR count). The number of nitrogens with two attached hydrogens (primary N) is 1. The summed E-state index contributed by atoms with van der Waals surface area (Å²) in [7, 11) is 0. The van der Waals surface area contributed by atoms with E-state index in [-0.39, 0.29) is 12.1 Å². The molecular weight excluding hydrogens is 313 g/mol. The van der Waals surface area contributed by atoms with Gasteiger partial charge in [0.25, 0.3) is 0 Å². The lowest BCUT2D eigenvalue weighted by Gasteiger charge is -2.14. The molecular formula is C11H12BrF3N2O. The van der Waals surface area contributed by atoms with Crippen molar-refractivity contribution in [1.29, 1.82) is 0 Å². The second kappa shape index (κ2) is 5.71. The third kappa shape index (κ3) is 3.99. The van der Waals surface area contributed by atoms with Gasteiger partial charge in [-0.1, -0.05) is 22.0 Å². The Morgan fingerprint density at radius 3 is 2.61 bits per heavy atom. The molecule has 18 heavy (non-hydrogen) atoms. The average molecular weight is 325 g/mol. The molecule has 1 unspecified atom stereocenters. The van der Waals surface area contributed by atoms with E-state index in [2.05, 4.69) is 21.2 Å². The number of halogens is 4. The van der Waals surface area contributed by atoms with Crippen LogP contribution in [-0.4, -0.2) is 11.9 Å². The summed E-state index contributed by atoms with van der Waals surface area (Å²) in [6.45, 7) is 1.25. The molecule has 0 bridgehead atoms. The van der Waals surface area contributed by atoms with Crippen molar-refractivity contribution in [2.75, 3.05) is 0 Å². The van der Waals surface area contributed by atoms with Crippen molar-refractivity contribution in [1.82, 2.24) is 5.32 Å². The molecule has 1 atom stereocenters. The number of carbonyl (C=O) groups excluding carboxylic acids is 1. The van der Waals surface area contributed by atoms with E-state index < -0.39 is 23.7 Å². The van der Waals surface area contributed by atoms with Crippen LogP contribution in [0.1, 0.15) is 18.1 Å². The fourth-order valence-corrected chi connectivity index (χ4v) is 1.67. The first-order valence-corrected chi connectivity index (χ1v) is 5.90. The van der Waals surface area contributed by atoms with Gasteiger partial charge in [0.05, 0.1) is 11.6 Å². The number of nitrogens with one attached hydrogen (secondary N) is 1. The number of benzene rings is 1. The second-order valence-corrected chi connectivity index (χ2v) is 4.72. The van der Waals surface area contributed by atoms with Crippen LogP contribution in [0.2, 0.25) is 0 Å². The van der Waals surface area contributed by atoms with Gasteiger partial charge in [0.1, 0.15) is 0 Å². The molecule has 0 aliphatic heterocycles. The van der Waals surface area contributed by atoms with Crippen molar-refractivity contribution in [2.24, 2.45) is 5.73 Å². The smallest absolute Gasteiger partial charge is 0.351 e. The fourth-order valence-electron chi connectivity index (χ4n) is 1.31. The van der Waals surface area contributed by atoms with Crippen LogP contribution in [0.25, 0.3) is 0 Å². The van der Waals surface area contributed by atoms with Gasteiger partial charge in [-0.2, -0.15) is 13.2 Å². The Hall–Kier alpha value is -1.08. The highest BCUT2D eigenvalue weighted by atomic mass is 79.9. The van der Waals surface area contributed by atoms with E-state index in [0.29, 0.717) is 4.47 Å².